The first-order valence-electron chi connectivity index (χ1n) is 6.96. The van der Waals surface area contributed by atoms with Crippen molar-refractivity contribution in [1.82, 2.24) is 9.80 Å². The summed E-state index contributed by atoms with van der Waals surface area (Å²) in [7, 11) is 3.96. The van der Waals surface area contributed by atoms with E-state index in [2.05, 4.69) is 4.90 Å². The third kappa shape index (κ3) is 4.88. The largest absolute Gasteiger partial charge is 0.391 e. The van der Waals surface area contributed by atoms with E-state index in [0.717, 1.165) is 11.4 Å². The molecule has 1 heterocycles. The first-order chi connectivity index (χ1) is 9.95. The Hall–Kier alpha value is -0.750. The highest BCUT2D eigenvalue weighted by Crippen LogP contribution is 2.24. The Morgan fingerprint density at radius 2 is 2.10 bits per heavy atom. The highest BCUT2D eigenvalue weighted by atomic mass is 35.5. The number of thioether (sulfide) groups is 1. The fourth-order valence-electron chi connectivity index (χ4n) is 2.55. The number of hydrogen-bond acceptors (Lipinski definition) is 4. The number of β-amino-alcohol motifs (C(OH)–C–C–N with tert-alkyl or cyclic N) is 1. The third-order valence-corrected chi connectivity index (χ3v) is 4.71. The summed E-state index contributed by atoms with van der Waals surface area (Å²) in [6.45, 7) is 1.23. The molecule has 1 amide bonds. The van der Waals surface area contributed by atoms with Gasteiger partial charge in [0.1, 0.15) is 0 Å². The molecule has 6 heteroatoms. The molecule has 1 aliphatic heterocycles. The lowest BCUT2D eigenvalue weighted by molar-refractivity contribution is -0.129. The Labute approximate surface area is 135 Å². The number of likely N-dealkylation sites (N-methyl/N-ethyl adjacent to an activating group) is 1. The maximum atomic E-state index is 12.4. The van der Waals surface area contributed by atoms with Crippen molar-refractivity contribution in [2.45, 2.75) is 23.5 Å². The molecule has 2 unspecified atom stereocenters. The molecule has 0 aromatic heterocycles. The lowest BCUT2D eigenvalue weighted by Crippen LogP contribution is -2.42. The topological polar surface area (TPSA) is 43.8 Å². The number of hydrogen-bond donors (Lipinski definition) is 1. The highest BCUT2D eigenvalue weighted by Gasteiger charge is 2.34. The van der Waals surface area contributed by atoms with E-state index >= 15 is 0 Å². The van der Waals surface area contributed by atoms with E-state index < -0.39 is 6.10 Å². The van der Waals surface area contributed by atoms with Gasteiger partial charge in [0.15, 0.2) is 0 Å². The first kappa shape index (κ1) is 16.6. The van der Waals surface area contributed by atoms with Gasteiger partial charge in [0.05, 0.1) is 11.9 Å². The number of nitrogens with zero attached hydrogens (tertiary/aromatic N) is 2. The molecule has 21 heavy (non-hydrogen) atoms. The average molecular weight is 329 g/mol. The minimum atomic E-state index is -0.403. The molecule has 1 aromatic rings. The van der Waals surface area contributed by atoms with Crippen LogP contribution in [0.1, 0.15) is 6.42 Å². The molecule has 0 aliphatic carbocycles. The first-order valence-corrected chi connectivity index (χ1v) is 8.32. The Kier molecular flexibility index (Phi) is 5.93. The number of carbonyl (C=O) groups excluding carboxylic acids is 1. The normalized spacial score (nSPS) is 22.0. The molecule has 1 aromatic carbocycles. The quantitative estimate of drug-likeness (QED) is 0.839. The summed E-state index contributed by atoms with van der Waals surface area (Å²) in [6, 6.07) is 7.58. The summed E-state index contributed by atoms with van der Waals surface area (Å²) in [5.41, 5.74) is 0. The molecule has 0 bridgehead atoms. The second kappa shape index (κ2) is 7.49. The van der Waals surface area contributed by atoms with Crippen LogP contribution in [0.2, 0.25) is 5.02 Å². The average Bonchev–Trinajstić information content (AvgIpc) is 2.78. The van der Waals surface area contributed by atoms with Crippen LogP contribution in [0.5, 0.6) is 0 Å². The zero-order valence-corrected chi connectivity index (χ0v) is 13.9. The molecule has 2 atom stereocenters. The van der Waals surface area contributed by atoms with Gasteiger partial charge in [-0.15, -0.1) is 11.8 Å². The van der Waals surface area contributed by atoms with E-state index in [1.807, 2.05) is 43.3 Å². The van der Waals surface area contributed by atoms with Crippen LogP contribution in [0.3, 0.4) is 0 Å². The number of rotatable bonds is 5. The summed E-state index contributed by atoms with van der Waals surface area (Å²) in [6.07, 6.45) is 0.259. The fourth-order valence-corrected chi connectivity index (χ4v) is 3.46. The Bertz CT molecular complexity index is 481. The number of aliphatic hydroxyl groups is 1. The van der Waals surface area contributed by atoms with E-state index in [9.17, 15) is 9.90 Å². The number of amides is 1. The van der Waals surface area contributed by atoms with E-state index in [-0.39, 0.29) is 11.9 Å². The molecule has 1 saturated heterocycles. The van der Waals surface area contributed by atoms with Gasteiger partial charge in [-0.05, 0) is 44.8 Å². The number of carbonyl (C=O) groups is 1. The van der Waals surface area contributed by atoms with Crippen molar-refractivity contribution in [1.29, 1.82) is 0 Å². The van der Waals surface area contributed by atoms with Crippen LogP contribution in [0.25, 0.3) is 0 Å². The third-order valence-electron chi connectivity index (χ3n) is 3.46. The van der Waals surface area contributed by atoms with Gasteiger partial charge in [-0.2, -0.15) is 0 Å². The number of likely N-dealkylation sites (tertiary alicyclic amines) is 1. The summed E-state index contributed by atoms with van der Waals surface area (Å²) in [4.78, 5) is 17.3. The fraction of sp³-hybridized carbons (Fsp3) is 0.533. The van der Waals surface area contributed by atoms with Crippen LogP contribution >= 0.6 is 23.4 Å². The lowest BCUT2D eigenvalue weighted by atomic mass is 10.2. The van der Waals surface area contributed by atoms with Gasteiger partial charge in [0.25, 0.3) is 0 Å². The zero-order chi connectivity index (χ0) is 15.4. The zero-order valence-electron chi connectivity index (χ0n) is 12.3. The van der Waals surface area contributed by atoms with Crippen LogP contribution in [0.4, 0.5) is 0 Å². The number of benzene rings is 1. The second-order valence-corrected chi connectivity index (χ2v) is 7.08. The van der Waals surface area contributed by atoms with Crippen molar-refractivity contribution in [2.75, 3.05) is 32.9 Å². The molecule has 4 nitrogen and oxygen atoms in total. The van der Waals surface area contributed by atoms with Gasteiger partial charge < -0.3 is 14.9 Å². The van der Waals surface area contributed by atoms with Crippen molar-refractivity contribution in [3.05, 3.63) is 29.3 Å². The predicted molar refractivity (Wildman–Crippen MR) is 86.9 cm³/mol. The Morgan fingerprint density at radius 3 is 2.71 bits per heavy atom. The van der Waals surface area contributed by atoms with Gasteiger partial charge in [-0.3, -0.25) is 4.79 Å². The monoisotopic (exact) mass is 328 g/mol. The SMILES string of the molecule is CN(C)CC1CC(O)CN1C(=O)CSc1ccc(Cl)cc1. The predicted octanol–water partition coefficient (Wildman–Crippen LogP) is 1.96. The molecular weight excluding hydrogens is 308 g/mol. The summed E-state index contributed by atoms with van der Waals surface area (Å²) in [5, 5.41) is 10.5. The van der Waals surface area contributed by atoms with Crippen molar-refractivity contribution in [2.24, 2.45) is 0 Å². The van der Waals surface area contributed by atoms with Gasteiger partial charge in [-0.25, -0.2) is 0 Å². The van der Waals surface area contributed by atoms with Gasteiger partial charge in [-0.1, -0.05) is 11.6 Å². The second-order valence-electron chi connectivity index (χ2n) is 5.59. The van der Waals surface area contributed by atoms with Crippen LogP contribution in [-0.4, -0.2) is 65.9 Å². The lowest BCUT2D eigenvalue weighted by Gasteiger charge is -2.26. The minimum absolute atomic E-state index is 0.0818. The molecule has 116 valence electrons. The van der Waals surface area contributed by atoms with Crippen molar-refractivity contribution in [3.63, 3.8) is 0 Å². The summed E-state index contributed by atoms with van der Waals surface area (Å²) in [5.74, 6) is 0.469. The Morgan fingerprint density at radius 1 is 1.43 bits per heavy atom. The van der Waals surface area contributed by atoms with Crippen LogP contribution < -0.4 is 0 Å². The van der Waals surface area contributed by atoms with Crippen LogP contribution in [0, 0.1) is 0 Å². The molecule has 0 radical (unpaired) electrons. The van der Waals surface area contributed by atoms with Gasteiger partial charge in [0, 0.05) is 29.0 Å². The molecule has 1 N–H and O–H groups in total. The highest BCUT2D eigenvalue weighted by molar-refractivity contribution is 8.00. The molecule has 0 saturated carbocycles. The molecule has 0 spiro atoms. The smallest absolute Gasteiger partial charge is 0.233 e. The Balaban J connectivity index is 1.90. The molecule has 1 fully saturated rings. The summed E-state index contributed by atoms with van der Waals surface area (Å²) >= 11 is 7.35. The molecule has 2 rings (SSSR count). The standard InChI is InChI=1S/C15H21ClN2O2S/c1-17(2)8-12-7-13(19)9-18(12)15(20)10-21-14-5-3-11(16)4-6-14/h3-6,12-13,19H,7-10H2,1-2H3. The maximum absolute atomic E-state index is 12.4. The maximum Gasteiger partial charge on any atom is 0.233 e. The van der Waals surface area contributed by atoms with E-state index in [1.165, 1.54) is 11.8 Å². The number of aliphatic hydroxyl groups excluding tert-OH is 1. The van der Waals surface area contributed by atoms with E-state index in [0.29, 0.717) is 23.7 Å². The molecular formula is C15H21ClN2O2S. The minimum Gasteiger partial charge on any atom is -0.391 e. The molecule has 1 aliphatic rings. The van der Waals surface area contributed by atoms with Crippen molar-refractivity contribution < 1.29 is 9.90 Å². The van der Waals surface area contributed by atoms with Crippen LogP contribution in [-0.2, 0) is 4.79 Å². The van der Waals surface area contributed by atoms with E-state index in [4.69, 9.17) is 11.6 Å². The van der Waals surface area contributed by atoms with Gasteiger partial charge in [0.2, 0.25) is 5.91 Å². The van der Waals surface area contributed by atoms with Crippen LogP contribution in [0.15, 0.2) is 29.2 Å². The summed E-state index contributed by atoms with van der Waals surface area (Å²) < 4.78 is 0. The van der Waals surface area contributed by atoms with E-state index in [1.54, 1.807) is 0 Å². The van der Waals surface area contributed by atoms with Gasteiger partial charge >= 0.3 is 0 Å². The van der Waals surface area contributed by atoms with Crippen molar-refractivity contribution >= 4 is 29.3 Å². The van der Waals surface area contributed by atoms with Crippen molar-refractivity contribution in [3.8, 4) is 0 Å². The number of halogens is 1.